The van der Waals surface area contributed by atoms with Crippen LogP contribution in [0.1, 0.15) is 18.9 Å². The van der Waals surface area contributed by atoms with Gasteiger partial charge < -0.3 is 19.5 Å². The summed E-state index contributed by atoms with van der Waals surface area (Å²) in [6, 6.07) is 6.00. The van der Waals surface area contributed by atoms with Gasteiger partial charge in [0, 0.05) is 20.3 Å². The number of hydrogen-bond acceptors (Lipinski definition) is 5. The molecular formula is C17H20F2N2O4. The van der Waals surface area contributed by atoms with Crippen molar-refractivity contribution in [2.24, 2.45) is 0 Å². The van der Waals surface area contributed by atoms with Crippen molar-refractivity contribution in [3.05, 3.63) is 29.3 Å². The Kier molecular flexibility index (Phi) is 8.96. The average Bonchev–Trinajstić information content (AvgIpc) is 2.58. The first-order valence-electron chi connectivity index (χ1n) is 7.62. The van der Waals surface area contributed by atoms with Crippen molar-refractivity contribution < 1.29 is 27.8 Å². The van der Waals surface area contributed by atoms with Crippen molar-refractivity contribution in [3.8, 4) is 17.6 Å². The van der Waals surface area contributed by atoms with E-state index in [4.69, 9.17) is 14.7 Å². The summed E-state index contributed by atoms with van der Waals surface area (Å²) in [5.41, 5.74) is 0.344. The molecule has 0 fully saturated rings. The second-order valence-electron chi connectivity index (χ2n) is 4.79. The van der Waals surface area contributed by atoms with Crippen molar-refractivity contribution in [2.45, 2.75) is 20.0 Å². The Hall–Kier alpha value is -2.66. The molecule has 0 aliphatic heterocycles. The number of hydrogen-bond donors (Lipinski definition) is 1. The Morgan fingerprint density at radius 2 is 2.16 bits per heavy atom. The normalized spacial score (nSPS) is 11.1. The highest BCUT2D eigenvalue weighted by atomic mass is 19.3. The van der Waals surface area contributed by atoms with Crippen LogP contribution in [-0.4, -0.2) is 39.4 Å². The van der Waals surface area contributed by atoms with Gasteiger partial charge in [-0.05, 0) is 37.1 Å². The van der Waals surface area contributed by atoms with E-state index in [0.717, 1.165) is 0 Å². The number of rotatable bonds is 10. The zero-order valence-corrected chi connectivity index (χ0v) is 14.1. The summed E-state index contributed by atoms with van der Waals surface area (Å²) < 4.78 is 39.3. The van der Waals surface area contributed by atoms with E-state index >= 15 is 0 Å². The zero-order valence-electron chi connectivity index (χ0n) is 14.1. The molecule has 0 atom stereocenters. The van der Waals surface area contributed by atoms with Crippen molar-refractivity contribution in [3.63, 3.8) is 0 Å². The summed E-state index contributed by atoms with van der Waals surface area (Å²) in [6.07, 6.45) is 1.97. The molecule has 1 N–H and O–H groups in total. The third-order valence-electron chi connectivity index (χ3n) is 2.97. The highest BCUT2D eigenvalue weighted by molar-refractivity contribution is 6.01. The van der Waals surface area contributed by atoms with Crippen molar-refractivity contribution >= 4 is 12.0 Å². The van der Waals surface area contributed by atoms with E-state index in [0.29, 0.717) is 25.1 Å². The Bertz CT molecular complexity index is 642. The largest absolute Gasteiger partial charge is 0.490 e. The second-order valence-corrected chi connectivity index (χ2v) is 4.79. The van der Waals surface area contributed by atoms with Gasteiger partial charge in [0.2, 0.25) is 0 Å². The van der Waals surface area contributed by atoms with Gasteiger partial charge >= 0.3 is 6.61 Å². The standard InChI is InChI=1S/C17H20F2N2O4/c1-3-24-15-10-12(5-6-14(15)25-17(18)19)9-13(11-20)16(22)21-7-4-8-23-2/h5-6,9-10,17H,3-4,7-8H2,1-2H3,(H,21,22)/b13-9-. The minimum absolute atomic E-state index is 0.106. The highest BCUT2D eigenvalue weighted by Gasteiger charge is 2.13. The van der Waals surface area contributed by atoms with E-state index in [1.165, 1.54) is 24.3 Å². The molecule has 0 aromatic heterocycles. The topological polar surface area (TPSA) is 80.6 Å². The molecule has 25 heavy (non-hydrogen) atoms. The van der Waals surface area contributed by atoms with E-state index in [2.05, 4.69) is 10.1 Å². The minimum atomic E-state index is -2.98. The van der Waals surface area contributed by atoms with Crippen molar-refractivity contribution in [1.82, 2.24) is 5.32 Å². The van der Waals surface area contributed by atoms with E-state index in [9.17, 15) is 13.6 Å². The van der Waals surface area contributed by atoms with Gasteiger partial charge in [-0.15, -0.1) is 0 Å². The quantitative estimate of drug-likeness (QED) is 0.397. The van der Waals surface area contributed by atoms with Crippen LogP contribution in [0.15, 0.2) is 23.8 Å². The summed E-state index contributed by atoms with van der Waals surface area (Å²) in [4.78, 5) is 12.0. The molecule has 136 valence electrons. The lowest BCUT2D eigenvalue weighted by atomic mass is 10.1. The first-order chi connectivity index (χ1) is 12.0. The molecule has 0 saturated heterocycles. The van der Waals surface area contributed by atoms with Crippen LogP contribution in [0.25, 0.3) is 6.08 Å². The third-order valence-corrected chi connectivity index (χ3v) is 2.97. The molecule has 0 bridgehead atoms. The van der Waals surface area contributed by atoms with Gasteiger partial charge in [0.05, 0.1) is 6.61 Å². The zero-order chi connectivity index (χ0) is 18.7. The number of alkyl halides is 2. The fourth-order valence-electron chi connectivity index (χ4n) is 1.90. The van der Waals surface area contributed by atoms with Crippen molar-refractivity contribution in [1.29, 1.82) is 5.26 Å². The lowest BCUT2D eigenvalue weighted by Crippen LogP contribution is -2.26. The number of carbonyl (C=O) groups excluding carboxylic acids is 1. The number of ether oxygens (including phenoxy) is 3. The van der Waals surface area contributed by atoms with E-state index < -0.39 is 12.5 Å². The van der Waals surface area contributed by atoms with Crippen molar-refractivity contribution in [2.75, 3.05) is 26.9 Å². The number of nitrogens with zero attached hydrogens (tertiary/aromatic N) is 1. The fourth-order valence-corrected chi connectivity index (χ4v) is 1.90. The maximum Gasteiger partial charge on any atom is 0.387 e. The Morgan fingerprint density at radius 3 is 2.76 bits per heavy atom. The predicted molar refractivity (Wildman–Crippen MR) is 87.3 cm³/mol. The summed E-state index contributed by atoms with van der Waals surface area (Å²) >= 11 is 0. The molecule has 0 unspecified atom stereocenters. The summed E-state index contributed by atoms with van der Waals surface area (Å²) in [7, 11) is 1.56. The Labute approximate surface area is 145 Å². The highest BCUT2D eigenvalue weighted by Crippen LogP contribution is 2.30. The van der Waals surface area contributed by atoms with Crippen LogP contribution >= 0.6 is 0 Å². The second kappa shape index (κ2) is 11.0. The number of methoxy groups -OCH3 is 1. The van der Waals surface area contributed by atoms with Gasteiger partial charge in [0.25, 0.3) is 5.91 Å². The Morgan fingerprint density at radius 1 is 1.40 bits per heavy atom. The minimum Gasteiger partial charge on any atom is -0.490 e. The summed E-state index contributed by atoms with van der Waals surface area (Å²) in [5.74, 6) is -0.532. The molecule has 1 rings (SSSR count). The average molecular weight is 354 g/mol. The van der Waals surface area contributed by atoms with Gasteiger partial charge in [-0.2, -0.15) is 14.0 Å². The molecule has 1 aromatic carbocycles. The number of halogens is 2. The van der Waals surface area contributed by atoms with Crippen LogP contribution in [0, 0.1) is 11.3 Å². The number of carbonyl (C=O) groups is 1. The van der Waals surface area contributed by atoms with Gasteiger partial charge in [-0.1, -0.05) is 6.07 Å². The number of amides is 1. The number of nitrogens with one attached hydrogen (secondary N) is 1. The SMILES string of the molecule is CCOc1cc(/C=C(/C#N)C(=O)NCCCOC)ccc1OC(F)F. The van der Waals surface area contributed by atoms with Crippen LogP contribution in [0.3, 0.4) is 0 Å². The first kappa shape index (κ1) is 20.4. The third kappa shape index (κ3) is 7.18. The van der Waals surface area contributed by atoms with Crippen LogP contribution in [-0.2, 0) is 9.53 Å². The first-order valence-corrected chi connectivity index (χ1v) is 7.62. The molecular weight excluding hydrogens is 334 g/mol. The molecule has 0 heterocycles. The van der Waals surface area contributed by atoms with E-state index in [1.54, 1.807) is 14.0 Å². The van der Waals surface area contributed by atoms with Gasteiger partial charge in [-0.25, -0.2) is 0 Å². The lowest BCUT2D eigenvalue weighted by Gasteiger charge is -2.12. The molecule has 0 aliphatic carbocycles. The van der Waals surface area contributed by atoms with Crippen LogP contribution in [0.5, 0.6) is 11.5 Å². The maximum absolute atomic E-state index is 12.4. The fraction of sp³-hybridized carbons (Fsp3) is 0.412. The molecule has 0 aliphatic rings. The molecule has 1 amide bonds. The number of nitriles is 1. The maximum atomic E-state index is 12.4. The van der Waals surface area contributed by atoms with Crippen LogP contribution < -0.4 is 14.8 Å². The van der Waals surface area contributed by atoms with Gasteiger partial charge in [-0.3, -0.25) is 4.79 Å². The van der Waals surface area contributed by atoms with E-state index in [-0.39, 0.29) is 23.7 Å². The van der Waals surface area contributed by atoms with Gasteiger partial charge in [0.15, 0.2) is 11.5 Å². The summed E-state index contributed by atoms with van der Waals surface area (Å²) in [5, 5.41) is 11.7. The van der Waals surface area contributed by atoms with Crippen LogP contribution in [0.2, 0.25) is 0 Å². The van der Waals surface area contributed by atoms with Crippen LogP contribution in [0.4, 0.5) is 8.78 Å². The lowest BCUT2D eigenvalue weighted by molar-refractivity contribution is -0.117. The van der Waals surface area contributed by atoms with Gasteiger partial charge in [0.1, 0.15) is 11.6 Å². The molecule has 0 saturated carbocycles. The molecule has 6 nitrogen and oxygen atoms in total. The molecule has 1 aromatic rings. The van der Waals surface area contributed by atoms with E-state index in [1.807, 2.05) is 6.07 Å². The Balaban J connectivity index is 2.93. The molecule has 0 spiro atoms. The molecule has 0 radical (unpaired) electrons. The summed E-state index contributed by atoms with van der Waals surface area (Å²) in [6.45, 7) is -0.166. The number of benzene rings is 1. The molecule has 8 heteroatoms. The smallest absolute Gasteiger partial charge is 0.387 e. The predicted octanol–water partition coefficient (Wildman–Crippen LogP) is 2.75. The monoisotopic (exact) mass is 354 g/mol.